The van der Waals surface area contributed by atoms with Crippen LogP contribution in [-0.4, -0.2) is 16.7 Å². The molecule has 2 N–H and O–H groups in total. The average Bonchev–Trinajstić information content (AvgIpc) is 2.62. The summed E-state index contributed by atoms with van der Waals surface area (Å²) in [4.78, 5) is 4.17. The molecule has 0 bridgehead atoms. The van der Waals surface area contributed by atoms with Gasteiger partial charge in [0.15, 0.2) is 5.82 Å². The van der Waals surface area contributed by atoms with Crippen LogP contribution in [0.5, 0.6) is 0 Å². The Balaban J connectivity index is 2.51. The number of hydrogen-bond donors (Lipinski definition) is 1. The number of ether oxygens (including phenoxy) is 1. The highest BCUT2D eigenvalue weighted by atomic mass is 16.5. The molecule has 0 radical (unpaired) electrons. The first-order valence-corrected chi connectivity index (χ1v) is 5.29. The molecule has 1 aromatic rings. The molecule has 0 amide bonds. The number of nitrogens with zero attached hydrogens (tertiary/aromatic N) is 2. The Labute approximate surface area is 90.0 Å². The van der Waals surface area contributed by atoms with Crippen molar-refractivity contribution in [1.82, 2.24) is 10.1 Å². The van der Waals surface area contributed by atoms with Crippen molar-refractivity contribution in [2.75, 3.05) is 6.61 Å². The third-order valence-electron chi connectivity index (χ3n) is 1.96. The highest BCUT2D eigenvalue weighted by molar-refractivity contribution is 4.90. The Morgan fingerprint density at radius 1 is 1.47 bits per heavy atom. The molecule has 0 aliphatic heterocycles. The Morgan fingerprint density at radius 2 is 2.20 bits per heavy atom. The minimum atomic E-state index is -0.173. The minimum Gasteiger partial charge on any atom is -0.374 e. The highest BCUT2D eigenvalue weighted by Gasteiger charge is 2.15. The van der Waals surface area contributed by atoms with Crippen molar-refractivity contribution in [2.24, 2.45) is 11.7 Å². The number of rotatable bonds is 6. The standard InChI is InChI=1S/C10H19N3O2/c1-4-14-6-9-12-10(15-13-9)8(11)5-7(2)3/h7-8H,4-6,11H2,1-3H3/t8-/m1/s1. The van der Waals surface area contributed by atoms with E-state index in [1.165, 1.54) is 0 Å². The molecule has 1 heterocycles. The lowest BCUT2D eigenvalue weighted by atomic mass is 10.0. The summed E-state index contributed by atoms with van der Waals surface area (Å²) in [6, 6.07) is -0.173. The zero-order valence-electron chi connectivity index (χ0n) is 9.56. The molecule has 86 valence electrons. The molecule has 0 aliphatic rings. The van der Waals surface area contributed by atoms with E-state index < -0.39 is 0 Å². The first-order chi connectivity index (χ1) is 7.13. The van der Waals surface area contributed by atoms with Crippen molar-refractivity contribution in [2.45, 2.75) is 39.8 Å². The molecular weight excluding hydrogens is 194 g/mol. The summed E-state index contributed by atoms with van der Waals surface area (Å²) in [7, 11) is 0. The molecule has 0 saturated carbocycles. The van der Waals surface area contributed by atoms with E-state index in [9.17, 15) is 0 Å². The molecular formula is C10H19N3O2. The zero-order chi connectivity index (χ0) is 11.3. The maximum absolute atomic E-state index is 5.90. The Morgan fingerprint density at radius 3 is 2.80 bits per heavy atom. The largest absolute Gasteiger partial charge is 0.374 e. The molecule has 1 aromatic heterocycles. The number of aromatic nitrogens is 2. The van der Waals surface area contributed by atoms with E-state index in [-0.39, 0.29) is 6.04 Å². The summed E-state index contributed by atoms with van der Waals surface area (Å²) >= 11 is 0. The summed E-state index contributed by atoms with van der Waals surface area (Å²) < 4.78 is 10.2. The smallest absolute Gasteiger partial charge is 0.243 e. The summed E-state index contributed by atoms with van der Waals surface area (Å²) in [5, 5.41) is 3.79. The number of nitrogens with two attached hydrogens (primary N) is 1. The van der Waals surface area contributed by atoms with Crippen molar-refractivity contribution in [3.63, 3.8) is 0 Å². The van der Waals surface area contributed by atoms with Gasteiger partial charge in [0.2, 0.25) is 5.89 Å². The first-order valence-electron chi connectivity index (χ1n) is 5.29. The van der Waals surface area contributed by atoms with E-state index in [0.717, 1.165) is 6.42 Å². The zero-order valence-corrected chi connectivity index (χ0v) is 9.56. The fraction of sp³-hybridized carbons (Fsp3) is 0.800. The Bertz CT molecular complexity index is 286. The van der Waals surface area contributed by atoms with Gasteiger partial charge in [-0.2, -0.15) is 4.98 Å². The van der Waals surface area contributed by atoms with Gasteiger partial charge in [0.25, 0.3) is 0 Å². The van der Waals surface area contributed by atoms with Crippen LogP contribution in [0.15, 0.2) is 4.52 Å². The minimum absolute atomic E-state index is 0.173. The lowest BCUT2D eigenvalue weighted by molar-refractivity contribution is 0.126. The molecule has 1 atom stereocenters. The summed E-state index contributed by atoms with van der Waals surface area (Å²) in [5.74, 6) is 1.58. The van der Waals surface area contributed by atoms with Crippen molar-refractivity contribution in [3.8, 4) is 0 Å². The van der Waals surface area contributed by atoms with Gasteiger partial charge in [0.1, 0.15) is 6.61 Å². The van der Waals surface area contributed by atoms with Crippen LogP contribution in [0.1, 0.15) is 44.9 Å². The van der Waals surface area contributed by atoms with Gasteiger partial charge in [-0.1, -0.05) is 19.0 Å². The van der Waals surface area contributed by atoms with Gasteiger partial charge in [-0.05, 0) is 19.3 Å². The van der Waals surface area contributed by atoms with E-state index in [2.05, 4.69) is 24.0 Å². The lowest BCUT2D eigenvalue weighted by Gasteiger charge is -2.08. The molecule has 5 heteroatoms. The van der Waals surface area contributed by atoms with E-state index in [1.807, 2.05) is 6.92 Å². The molecule has 0 saturated heterocycles. The second kappa shape index (κ2) is 5.82. The lowest BCUT2D eigenvalue weighted by Crippen LogP contribution is -2.13. The molecule has 5 nitrogen and oxygen atoms in total. The van der Waals surface area contributed by atoms with E-state index >= 15 is 0 Å². The van der Waals surface area contributed by atoms with Crippen molar-refractivity contribution in [3.05, 3.63) is 11.7 Å². The molecule has 1 rings (SSSR count). The first kappa shape index (κ1) is 12.1. The predicted molar refractivity (Wildman–Crippen MR) is 56.0 cm³/mol. The third kappa shape index (κ3) is 3.97. The van der Waals surface area contributed by atoms with Gasteiger partial charge in [0.05, 0.1) is 6.04 Å². The summed E-state index contributed by atoms with van der Waals surface area (Å²) in [6.45, 7) is 7.16. The van der Waals surface area contributed by atoms with Crippen LogP contribution in [0.4, 0.5) is 0 Å². The summed E-state index contributed by atoms with van der Waals surface area (Å²) in [5.41, 5.74) is 5.90. The number of hydrogen-bond acceptors (Lipinski definition) is 5. The van der Waals surface area contributed by atoms with Crippen LogP contribution in [0.3, 0.4) is 0 Å². The Kier molecular flexibility index (Phi) is 4.71. The second-order valence-electron chi connectivity index (χ2n) is 3.92. The van der Waals surface area contributed by atoms with Crippen LogP contribution in [0.2, 0.25) is 0 Å². The Hall–Kier alpha value is -0.940. The van der Waals surface area contributed by atoms with Crippen LogP contribution in [0, 0.1) is 5.92 Å². The molecule has 0 unspecified atom stereocenters. The van der Waals surface area contributed by atoms with Crippen LogP contribution in [-0.2, 0) is 11.3 Å². The van der Waals surface area contributed by atoms with Gasteiger partial charge in [0, 0.05) is 6.61 Å². The third-order valence-corrected chi connectivity index (χ3v) is 1.96. The van der Waals surface area contributed by atoms with Crippen LogP contribution in [0.25, 0.3) is 0 Å². The van der Waals surface area contributed by atoms with Crippen molar-refractivity contribution < 1.29 is 9.26 Å². The van der Waals surface area contributed by atoms with Gasteiger partial charge in [-0.25, -0.2) is 0 Å². The van der Waals surface area contributed by atoms with Gasteiger partial charge in [-0.3, -0.25) is 0 Å². The molecule has 0 spiro atoms. The van der Waals surface area contributed by atoms with Crippen molar-refractivity contribution in [1.29, 1.82) is 0 Å². The summed E-state index contributed by atoms with van der Waals surface area (Å²) in [6.07, 6.45) is 0.844. The topological polar surface area (TPSA) is 74.2 Å². The predicted octanol–water partition coefficient (Wildman–Crippen LogP) is 1.65. The maximum Gasteiger partial charge on any atom is 0.243 e. The van der Waals surface area contributed by atoms with E-state index in [0.29, 0.717) is 30.8 Å². The fourth-order valence-electron chi connectivity index (χ4n) is 1.28. The second-order valence-corrected chi connectivity index (χ2v) is 3.92. The maximum atomic E-state index is 5.90. The fourth-order valence-corrected chi connectivity index (χ4v) is 1.28. The van der Waals surface area contributed by atoms with Crippen LogP contribution >= 0.6 is 0 Å². The highest BCUT2D eigenvalue weighted by Crippen LogP contribution is 2.16. The molecule has 0 aromatic carbocycles. The normalized spacial score (nSPS) is 13.4. The van der Waals surface area contributed by atoms with E-state index in [1.54, 1.807) is 0 Å². The van der Waals surface area contributed by atoms with Crippen molar-refractivity contribution >= 4 is 0 Å². The SMILES string of the molecule is CCOCc1noc([C@H](N)CC(C)C)n1. The van der Waals surface area contributed by atoms with Gasteiger partial charge in [-0.15, -0.1) is 0 Å². The molecule has 15 heavy (non-hydrogen) atoms. The van der Waals surface area contributed by atoms with Crippen LogP contribution < -0.4 is 5.73 Å². The van der Waals surface area contributed by atoms with Gasteiger partial charge < -0.3 is 15.0 Å². The molecule has 0 aliphatic carbocycles. The average molecular weight is 213 g/mol. The quantitative estimate of drug-likeness (QED) is 0.777. The van der Waals surface area contributed by atoms with Gasteiger partial charge >= 0.3 is 0 Å². The molecule has 0 fully saturated rings. The monoisotopic (exact) mass is 213 g/mol. The van der Waals surface area contributed by atoms with E-state index in [4.69, 9.17) is 15.0 Å².